The number of aromatic nitrogens is 4. The molecule has 0 bridgehead atoms. The number of rotatable bonds is 5. The zero-order valence-corrected chi connectivity index (χ0v) is 15.2. The molecular weight excluding hydrogens is 346 g/mol. The minimum atomic E-state index is -0.183. The van der Waals surface area contributed by atoms with Crippen molar-refractivity contribution in [2.75, 3.05) is 20.8 Å². The molecule has 140 valence electrons. The molecule has 1 aromatic carbocycles. The number of aromatic amines is 2. The zero-order chi connectivity index (χ0) is 18.8. The van der Waals surface area contributed by atoms with Crippen molar-refractivity contribution in [3.8, 4) is 17.3 Å². The largest absolute Gasteiger partial charge is 0.496 e. The molecule has 8 heteroatoms. The van der Waals surface area contributed by atoms with Crippen molar-refractivity contribution in [2.45, 2.75) is 18.9 Å². The van der Waals surface area contributed by atoms with Crippen LogP contribution in [0.2, 0.25) is 0 Å². The summed E-state index contributed by atoms with van der Waals surface area (Å²) in [6.07, 6.45) is 0.650. The van der Waals surface area contributed by atoms with E-state index in [-0.39, 0.29) is 11.8 Å². The molecule has 1 aliphatic rings. The van der Waals surface area contributed by atoms with Gasteiger partial charge in [-0.3, -0.25) is 9.89 Å². The van der Waals surface area contributed by atoms with E-state index in [1.165, 1.54) is 0 Å². The van der Waals surface area contributed by atoms with Crippen LogP contribution in [-0.2, 0) is 17.8 Å². The van der Waals surface area contributed by atoms with Gasteiger partial charge in [-0.2, -0.15) is 5.10 Å². The van der Waals surface area contributed by atoms with Gasteiger partial charge in [-0.25, -0.2) is 4.98 Å². The smallest absolute Gasteiger partial charge is 0.271 e. The number of para-hydroxylation sites is 1. The lowest BCUT2D eigenvalue weighted by atomic mass is 9.93. The first-order valence-electron chi connectivity index (χ1n) is 8.73. The highest BCUT2D eigenvalue weighted by Gasteiger charge is 2.28. The Morgan fingerprint density at radius 2 is 2.11 bits per heavy atom. The van der Waals surface area contributed by atoms with Gasteiger partial charge in [0.2, 0.25) is 0 Å². The summed E-state index contributed by atoms with van der Waals surface area (Å²) < 4.78 is 10.6. The number of imidazole rings is 1. The Kier molecular flexibility index (Phi) is 4.64. The maximum atomic E-state index is 12.5. The molecule has 0 fully saturated rings. The van der Waals surface area contributed by atoms with Gasteiger partial charge >= 0.3 is 0 Å². The first-order valence-corrected chi connectivity index (χ1v) is 8.73. The summed E-state index contributed by atoms with van der Waals surface area (Å²) in [5, 5.41) is 10.1. The number of fused-ring (bicyclic) bond motifs is 1. The molecule has 0 spiro atoms. The number of carbonyl (C=O) groups is 1. The molecule has 0 radical (unpaired) electrons. The fourth-order valence-electron chi connectivity index (χ4n) is 3.42. The Morgan fingerprint density at radius 3 is 2.93 bits per heavy atom. The molecule has 1 aliphatic heterocycles. The summed E-state index contributed by atoms with van der Waals surface area (Å²) in [4.78, 5) is 20.3. The third-order valence-electron chi connectivity index (χ3n) is 4.71. The molecule has 0 saturated carbocycles. The van der Waals surface area contributed by atoms with E-state index < -0.39 is 0 Å². The Morgan fingerprint density at radius 1 is 1.26 bits per heavy atom. The minimum Gasteiger partial charge on any atom is -0.496 e. The predicted octanol–water partition coefficient (Wildman–Crippen LogP) is 2.02. The van der Waals surface area contributed by atoms with Gasteiger partial charge in [0.15, 0.2) is 5.82 Å². The fraction of sp³-hybridized carbons (Fsp3) is 0.316. The number of carbonyl (C=O) groups excluding carboxylic acids is 1. The second-order valence-electron chi connectivity index (χ2n) is 6.48. The standard InChI is InChI=1S/C19H21N5O3/c1-26-10-12-8-15(24-23-12)18-21-14-7-11(9-20-19(25)17(14)22-18)13-5-3-4-6-16(13)27-2/h3-6,8,11H,7,9-10H2,1-2H3,(H,20,25)(H,21,22)(H,23,24). The molecule has 8 nitrogen and oxygen atoms in total. The average Bonchev–Trinajstić information content (AvgIpc) is 3.29. The van der Waals surface area contributed by atoms with Crippen molar-refractivity contribution >= 4 is 5.91 Å². The first kappa shape index (κ1) is 17.3. The Labute approximate surface area is 156 Å². The summed E-state index contributed by atoms with van der Waals surface area (Å²) in [7, 11) is 3.28. The summed E-state index contributed by atoms with van der Waals surface area (Å²) in [6.45, 7) is 0.961. The third-order valence-corrected chi connectivity index (χ3v) is 4.71. The van der Waals surface area contributed by atoms with Crippen molar-refractivity contribution in [1.29, 1.82) is 0 Å². The normalized spacial score (nSPS) is 16.5. The van der Waals surface area contributed by atoms with E-state index in [1.54, 1.807) is 14.2 Å². The molecule has 1 amide bonds. The molecule has 1 unspecified atom stereocenters. The van der Waals surface area contributed by atoms with Crippen molar-refractivity contribution < 1.29 is 14.3 Å². The zero-order valence-electron chi connectivity index (χ0n) is 15.2. The molecule has 0 aliphatic carbocycles. The molecule has 3 N–H and O–H groups in total. The summed E-state index contributed by atoms with van der Waals surface area (Å²) in [6, 6.07) is 9.74. The van der Waals surface area contributed by atoms with Gasteiger partial charge in [0.05, 0.1) is 19.4 Å². The number of methoxy groups -OCH3 is 2. The average molecular weight is 367 g/mol. The highest BCUT2D eigenvalue weighted by molar-refractivity contribution is 5.94. The topological polar surface area (TPSA) is 105 Å². The van der Waals surface area contributed by atoms with Gasteiger partial charge in [-0.1, -0.05) is 18.2 Å². The van der Waals surface area contributed by atoms with Crippen LogP contribution in [0.15, 0.2) is 30.3 Å². The number of hydrogen-bond acceptors (Lipinski definition) is 5. The van der Waals surface area contributed by atoms with Crippen LogP contribution in [0.3, 0.4) is 0 Å². The van der Waals surface area contributed by atoms with E-state index in [4.69, 9.17) is 9.47 Å². The van der Waals surface area contributed by atoms with Crippen LogP contribution < -0.4 is 10.1 Å². The van der Waals surface area contributed by atoms with Crippen molar-refractivity contribution in [3.63, 3.8) is 0 Å². The summed E-state index contributed by atoms with van der Waals surface area (Å²) in [5.74, 6) is 1.28. The van der Waals surface area contributed by atoms with Crippen LogP contribution in [-0.4, -0.2) is 46.8 Å². The number of nitrogens with zero attached hydrogens (tertiary/aromatic N) is 2. The molecule has 2 aromatic heterocycles. The summed E-state index contributed by atoms with van der Waals surface area (Å²) >= 11 is 0. The van der Waals surface area contributed by atoms with E-state index in [0.717, 1.165) is 22.7 Å². The highest BCUT2D eigenvalue weighted by Crippen LogP contribution is 2.31. The van der Waals surface area contributed by atoms with Crippen LogP contribution in [0.4, 0.5) is 0 Å². The van der Waals surface area contributed by atoms with Crippen LogP contribution in [0.5, 0.6) is 5.75 Å². The maximum Gasteiger partial charge on any atom is 0.271 e. The fourth-order valence-corrected chi connectivity index (χ4v) is 3.42. The second kappa shape index (κ2) is 7.24. The van der Waals surface area contributed by atoms with E-state index in [9.17, 15) is 4.79 Å². The van der Waals surface area contributed by atoms with Crippen molar-refractivity contribution in [2.24, 2.45) is 0 Å². The van der Waals surface area contributed by atoms with Gasteiger partial charge in [0.25, 0.3) is 5.91 Å². The lowest BCUT2D eigenvalue weighted by Crippen LogP contribution is -2.26. The van der Waals surface area contributed by atoms with Crippen LogP contribution in [0.25, 0.3) is 11.5 Å². The minimum absolute atomic E-state index is 0.0860. The van der Waals surface area contributed by atoms with Gasteiger partial charge < -0.3 is 19.8 Å². The van der Waals surface area contributed by atoms with Crippen LogP contribution in [0, 0.1) is 0 Å². The SMILES string of the molecule is COCc1cc(-c2nc3c([nH]2)CC(c2ccccc2OC)CNC3=O)n[nH]1. The lowest BCUT2D eigenvalue weighted by molar-refractivity contribution is 0.0950. The number of benzene rings is 1. The van der Waals surface area contributed by atoms with E-state index in [1.807, 2.05) is 30.3 Å². The Balaban J connectivity index is 1.66. The van der Waals surface area contributed by atoms with Crippen LogP contribution in [0.1, 0.15) is 33.4 Å². The molecular formula is C19H21N5O3. The van der Waals surface area contributed by atoms with E-state index >= 15 is 0 Å². The number of amides is 1. The lowest BCUT2D eigenvalue weighted by Gasteiger charge is -2.17. The van der Waals surface area contributed by atoms with Gasteiger partial charge in [-0.15, -0.1) is 0 Å². The Bertz CT molecular complexity index is 962. The van der Waals surface area contributed by atoms with Gasteiger partial charge in [0, 0.05) is 25.3 Å². The third kappa shape index (κ3) is 3.31. The molecule has 0 saturated heterocycles. The van der Waals surface area contributed by atoms with Crippen molar-refractivity contribution in [1.82, 2.24) is 25.5 Å². The maximum absolute atomic E-state index is 12.5. The van der Waals surface area contributed by atoms with Crippen LogP contribution >= 0.6 is 0 Å². The summed E-state index contributed by atoms with van der Waals surface area (Å²) in [5.41, 5.74) is 3.77. The molecule has 4 rings (SSSR count). The predicted molar refractivity (Wildman–Crippen MR) is 98.7 cm³/mol. The van der Waals surface area contributed by atoms with E-state index in [2.05, 4.69) is 25.5 Å². The van der Waals surface area contributed by atoms with Gasteiger partial charge in [-0.05, 0) is 24.1 Å². The first-order chi connectivity index (χ1) is 13.2. The quantitative estimate of drug-likeness (QED) is 0.640. The molecule has 3 heterocycles. The number of ether oxygens (including phenoxy) is 2. The number of H-pyrrole nitrogens is 2. The monoisotopic (exact) mass is 367 g/mol. The molecule has 3 aromatic rings. The molecule has 27 heavy (non-hydrogen) atoms. The van der Waals surface area contributed by atoms with Crippen molar-refractivity contribution in [3.05, 3.63) is 53.0 Å². The number of nitrogens with one attached hydrogen (secondary N) is 3. The van der Waals surface area contributed by atoms with Gasteiger partial charge in [0.1, 0.15) is 17.1 Å². The van der Waals surface area contributed by atoms with E-state index in [0.29, 0.717) is 36.8 Å². The number of hydrogen-bond donors (Lipinski definition) is 3. The second-order valence-corrected chi connectivity index (χ2v) is 6.48. The Hall–Kier alpha value is -3.13. The highest BCUT2D eigenvalue weighted by atomic mass is 16.5. The molecule has 1 atom stereocenters.